The van der Waals surface area contributed by atoms with Gasteiger partial charge in [-0.3, -0.25) is 19.3 Å². The standard InChI is InChI=1S/C20H18N6O3/c27-19(25-9-2-1-3-10-25)14-12-22-26-16(5-4-6-17(14)26)13-7-8-15(21-11-13)18-23-20(28)29-24-18/h4-8,11-12H,1-3,9-10H2,(H,23,24,28). The number of nitrogens with zero attached hydrogens (tertiary/aromatic N) is 5. The van der Waals surface area contributed by atoms with Crippen molar-refractivity contribution in [2.24, 2.45) is 0 Å². The molecule has 0 saturated carbocycles. The maximum absolute atomic E-state index is 12.9. The first-order valence-corrected chi connectivity index (χ1v) is 9.49. The lowest BCUT2D eigenvalue weighted by Crippen LogP contribution is -2.35. The number of nitrogens with one attached hydrogen (secondary N) is 1. The van der Waals surface area contributed by atoms with Crippen LogP contribution in [0.1, 0.15) is 29.6 Å². The zero-order valence-corrected chi connectivity index (χ0v) is 15.5. The van der Waals surface area contributed by atoms with E-state index in [0.29, 0.717) is 11.3 Å². The average molecular weight is 390 g/mol. The van der Waals surface area contributed by atoms with Gasteiger partial charge >= 0.3 is 5.76 Å². The molecule has 4 aromatic heterocycles. The molecule has 0 bridgehead atoms. The lowest BCUT2D eigenvalue weighted by atomic mass is 10.1. The van der Waals surface area contributed by atoms with Crippen molar-refractivity contribution >= 4 is 11.4 Å². The van der Waals surface area contributed by atoms with E-state index >= 15 is 0 Å². The molecule has 5 rings (SSSR count). The van der Waals surface area contributed by atoms with Crippen LogP contribution < -0.4 is 5.76 Å². The van der Waals surface area contributed by atoms with E-state index in [1.165, 1.54) is 6.42 Å². The molecule has 0 atom stereocenters. The third kappa shape index (κ3) is 3.10. The second-order valence-electron chi connectivity index (χ2n) is 6.99. The fourth-order valence-electron chi connectivity index (χ4n) is 3.69. The number of hydrogen-bond donors (Lipinski definition) is 1. The monoisotopic (exact) mass is 390 g/mol. The van der Waals surface area contributed by atoms with E-state index in [1.54, 1.807) is 23.0 Å². The summed E-state index contributed by atoms with van der Waals surface area (Å²) in [6.45, 7) is 1.59. The number of hydrogen-bond acceptors (Lipinski definition) is 6. The van der Waals surface area contributed by atoms with Gasteiger partial charge in [-0.2, -0.15) is 5.10 Å². The van der Waals surface area contributed by atoms with E-state index in [-0.39, 0.29) is 11.7 Å². The largest absolute Gasteiger partial charge is 0.439 e. The van der Waals surface area contributed by atoms with E-state index in [4.69, 9.17) is 0 Å². The van der Waals surface area contributed by atoms with Crippen LogP contribution in [-0.4, -0.2) is 48.6 Å². The quantitative estimate of drug-likeness (QED) is 0.575. The van der Waals surface area contributed by atoms with Crippen LogP contribution in [0, 0.1) is 0 Å². The zero-order chi connectivity index (χ0) is 19.8. The smallest absolute Gasteiger partial charge is 0.339 e. The molecule has 0 radical (unpaired) electrons. The third-order valence-corrected chi connectivity index (χ3v) is 5.16. The first-order chi connectivity index (χ1) is 14.2. The highest BCUT2D eigenvalue weighted by Crippen LogP contribution is 2.24. The predicted molar refractivity (Wildman–Crippen MR) is 104 cm³/mol. The summed E-state index contributed by atoms with van der Waals surface area (Å²) in [6, 6.07) is 9.32. The van der Waals surface area contributed by atoms with E-state index in [0.717, 1.165) is 42.7 Å². The summed E-state index contributed by atoms with van der Waals surface area (Å²) in [6.07, 6.45) is 6.58. The van der Waals surface area contributed by atoms with Crippen molar-refractivity contribution in [2.75, 3.05) is 13.1 Å². The topological polar surface area (TPSA) is 109 Å². The SMILES string of the molecule is O=C(c1cnn2c(-c3ccc(-c4noc(=O)[nH]4)nc3)cccc12)N1CCCCC1. The van der Waals surface area contributed by atoms with Gasteiger partial charge in [0.05, 0.1) is 23.0 Å². The minimum atomic E-state index is -0.627. The van der Waals surface area contributed by atoms with Gasteiger partial charge in [0, 0.05) is 24.8 Å². The number of H-pyrrole nitrogens is 1. The Balaban J connectivity index is 1.50. The highest BCUT2D eigenvalue weighted by atomic mass is 16.5. The van der Waals surface area contributed by atoms with Crippen molar-refractivity contribution < 1.29 is 9.32 Å². The first kappa shape index (κ1) is 17.4. The lowest BCUT2D eigenvalue weighted by molar-refractivity contribution is 0.0726. The Morgan fingerprint density at radius 3 is 2.66 bits per heavy atom. The van der Waals surface area contributed by atoms with Gasteiger partial charge in [-0.15, -0.1) is 0 Å². The van der Waals surface area contributed by atoms with Gasteiger partial charge < -0.3 is 4.90 Å². The Hall–Kier alpha value is -3.75. The summed E-state index contributed by atoms with van der Waals surface area (Å²) >= 11 is 0. The minimum absolute atomic E-state index is 0.0281. The molecule has 4 aromatic rings. The van der Waals surface area contributed by atoms with Crippen LogP contribution in [0.15, 0.2) is 52.0 Å². The number of amides is 1. The molecule has 1 amide bonds. The number of fused-ring (bicyclic) bond motifs is 1. The Morgan fingerprint density at radius 2 is 1.93 bits per heavy atom. The normalized spacial score (nSPS) is 14.4. The molecule has 1 aliphatic heterocycles. The molecule has 0 spiro atoms. The summed E-state index contributed by atoms with van der Waals surface area (Å²) in [5.41, 5.74) is 3.51. The van der Waals surface area contributed by atoms with E-state index in [2.05, 4.69) is 24.7 Å². The van der Waals surface area contributed by atoms with Crippen LogP contribution >= 0.6 is 0 Å². The second kappa shape index (κ2) is 7.01. The molecule has 0 aliphatic carbocycles. The molecule has 1 N–H and O–H groups in total. The van der Waals surface area contributed by atoms with Crippen LogP contribution in [0.2, 0.25) is 0 Å². The van der Waals surface area contributed by atoms with Crippen molar-refractivity contribution in [3.05, 3.63) is 58.8 Å². The van der Waals surface area contributed by atoms with Gasteiger partial charge in [0.2, 0.25) is 5.82 Å². The highest BCUT2D eigenvalue weighted by Gasteiger charge is 2.22. The van der Waals surface area contributed by atoms with Crippen molar-refractivity contribution in [1.82, 2.24) is 29.6 Å². The fraction of sp³-hybridized carbons (Fsp3) is 0.250. The van der Waals surface area contributed by atoms with Crippen molar-refractivity contribution in [3.8, 4) is 22.8 Å². The Labute approximate surface area is 165 Å². The number of carbonyl (C=O) groups is 1. The third-order valence-electron chi connectivity index (χ3n) is 5.16. The number of rotatable bonds is 3. The maximum atomic E-state index is 12.9. The number of aromatic nitrogens is 5. The number of carbonyl (C=O) groups excluding carboxylic acids is 1. The highest BCUT2D eigenvalue weighted by molar-refractivity contribution is 6.01. The van der Waals surface area contributed by atoms with Gasteiger partial charge in [0.1, 0.15) is 5.69 Å². The number of piperidine rings is 1. The van der Waals surface area contributed by atoms with Crippen LogP contribution in [-0.2, 0) is 0 Å². The van der Waals surface area contributed by atoms with Crippen molar-refractivity contribution in [2.45, 2.75) is 19.3 Å². The molecule has 5 heterocycles. The number of likely N-dealkylation sites (tertiary alicyclic amines) is 1. The van der Waals surface area contributed by atoms with E-state index < -0.39 is 5.76 Å². The molecular formula is C20H18N6O3. The molecule has 146 valence electrons. The first-order valence-electron chi connectivity index (χ1n) is 9.49. The Bertz CT molecular complexity index is 1230. The van der Waals surface area contributed by atoms with Gasteiger partial charge in [0.15, 0.2) is 0 Å². The minimum Gasteiger partial charge on any atom is -0.339 e. The van der Waals surface area contributed by atoms with Gasteiger partial charge in [-0.05, 0) is 43.5 Å². The fourth-order valence-corrected chi connectivity index (χ4v) is 3.69. The van der Waals surface area contributed by atoms with E-state index in [9.17, 15) is 9.59 Å². The Kier molecular flexibility index (Phi) is 4.19. The summed E-state index contributed by atoms with van der Waals surface area (Å²) in [5.74, 6) is -0.327. The Morgan fingerprint density at radius 1 is 1.07 bits per heavy atom. The van der Waals surface area contributed by atoms with Gasteiger partial charge in [0.25, 0.3) is 5.91 Å². The average Bonchev–Trinajstić information content (AvgIpc) is 3.40. The molecule has 9 nitrogen and oxygen atoms in total. The second-order valence-corrected chi connectivity index (χ2v) is 6.99. The molecular weight excluding hydrogens is 372 g/mol. The number of aromatic amines is 1. The molecule has 0 aromatic carbocycles. The predicted octanol–water partition coefficient (Wildman–Crippen LogP) is 2.37. The zero-order valence-electron chi connectivity index (χ0n) is 15.5. The van der Waals surface area contributed by atoms with Gasteiger partial charge in [-0.1, -0.05) is 11.2 Å². The summed E-state index contributed by atoms with van der Waals surface area (Å²) in [4.78, 5) is 32.8. The van der Waals surface area contributed by atoms with Crippen LogP contribution in [0.4, 0.5) is 0 Å². The van der Waals surface area contributed by atoms with Crippen LogP contribution in [0.25, 0.3) is 28.3 Å². The van der Waals surface area contributed by atoms with Crippen LogP contribution in [0.3, 0.4) is 0 Å². The van der Waals surface area contributed by atoms with Gasteiger partial charge in [-0.25, -0.2) is 9.31 Å². The lowest BCUT2D eigenvalue weighted by Gasteiger charge is -2.26. The summed E-state index contributed by atoms with van der Waals surface area (Å²) in [5, 5.41) is 8.10. The molecule has 1 saturated heterocycles. The summed E-state index contributed by atoms with van der Waals surface area (Å²) < 4.78 is 6.27. The van der Waals surface area contributed by atoms with Crippen molar-refractivity contribution in [1.29, 1.82) is 0 Å². The van der Waals surface area contributed by atoms with E-state index in [1.807, 2.05) is 29.2 Å². The molecule has 1 aliphatic rings. The molecule has 29 heavy (non-hydrogen) atoms. The van der Waals surface area contributed by atoms with Crippen molar-refractivity contribution in [3.63, 3.8) is 0 Å². The maximum Gasteiger partial charge on any atom is 0.439 e. The molecule has 0 unspecified atom stereocenters. The molecule has 9 heteroatoms. The number of pyridine rings is 2. The summed E-state index contributed by atoms with van der Waals surface area (Å²) in [7, 11) is 0. The van der Waals surface area contributed by atoms with Crippen LogP contribution in [0.5, 0.6) is 0 Å². The molecule has 1 fully saturated rings.